The van der Waals surface area contributed by atoms with Gasteiger partial charge in [0.15, 0.2) is 0 Å². The van der Waals surface area contributed by atoms with Gasteiger partial charge in [-0.2, -0.15) is 0 Å². The van der Waals surface area contributed by atoms with E-state index in [1.165, 1.54) is 0 Å². The van der Waals surface area contributed by atoms with Crippen molar-refractivity contribution in [3.8, 4) is 0 Å². The van der Waals surface area contributed by atoms with Crippen LogP contribution >= 0.6 is 0 Å². The molecule has 7 nitrogen and oxygen atoms in total. The predicted molar refractivity (Wildman–Crippen MR) is 168 cm³/mol. The molecule has 6 atom stereocenters. The zero-order chi connectivity index (χ0) is 29.6. The van der Waals surface area contributed by atoms with Gasteiger partial charge in [-0.15, -0.1) is 0 Å². The van der Waals surface area contributed by atoms with Gasteiger partial charge in [0.05, 0.1) is 33.6 Å². The molecular formula is C33H36B3NO6. The van der Waals surface area contributed by atoms with Gasteiger partial charge >= 0.3 is 21.4 Å². The first-order valence-electron chi connectivity index (χ1n) is 15.5. The molecule has 0 radical (unpaired) electrons. The van der Waals surface area contributed by atoms with Gasteiger partial charge in [0.25, 0.3) is 0 Å². The van der Waals surface area contributed by atoms with E-state index in [0.29, 0.717) is 0 Å². The maximum Gasteiger partial charge on any atom is 0.494 e. The maximum absolute atomic E-state index is 6.27. The summed E-state index contributed by atoms with van der Waals surface area (Å²) in [5.74, 6) is 0. The van der Waals surface area contributed by atoms with Crippen LogP contribution in [0.25, 0.3) is 0 Å². The molecule has 3 heterocycles. The van der Waals surface area contributed by atoms with Crippen LogP contribution in [0.5, 0.6) is 0 Å². The summed E-state index contributed by atoms with van der Waals surface area (Å²) in [5, 5.41) is 0. The summed E-state index contributed by atoms with van der Waals surface area (Å²) in [4.78, 5) is 2.25. The topological polar surface area (TPSA) is 58.6 Å². The Hall–Kier alpha value is -2.59. The van der Waals surface area contributed by atoms with Crippen LogP contribution in [0.4, 0.5) is 17.1 Å². The molecule has 0 bridgehead atoms. The Kier molecular flexibility index (Phi) is 5.08. The third kappa shape index (κ3) is 3.81. The van der Waals surface area contributed by atoms with Crippen molar-refractivity contribution in [2.75, 3.05) is 4.90 Å². The smallest absolute Gasteiger partial charge is 0.399 e. The number of rotatable bonds is 6. The van der Waals surface area contributed by atoms with E-state index >= 15 is 0 Å². The van der Waals surface area contributed by atoms with E-state index in [1.807, 2.05) is 0 Å². The van der Waals surface area contributed by atoms with Gasteiger partial charge in [0, 0.05) is 36.3 Å². The minimum Gasteiger partial charge on any atom is -0.399 e. The lowest BCUT2D eigenvalue weighted by Gasteiger charge is -2.26. The summed E-state index contributed by atoms with van der Waals surface area (Å²) in [6.07, 6.45) is 2.83. The van der Waals surface area contributed by atoms with Gasteiger partial charge in [-0.25, -0.2) is 0 Å². The molecule has 3 saturated heterocycles. The summed E-state index contributed by atoms with van der Waals surface area (Å²) in [5.41, 5.74) is 5.07. The van der Waals surface area contributed by atoms with Crippen LogP contribution in [0.1, 0.15) is 60.8 Å². The van der Waals surface area contributed by atoms with Crippen LogP contribution in [0.2, 0.25) is 0 Å². The quantitative estimate of drug-likeness (QED) is 0.410. The normalized spacial score (nSPS) is 39.9. The molecule has 43 heavy (non-hydrogen) atoms. The first-order valence-corrected chi connectivity index (χ1v) is 15.5. The Morgan fingerprint density at radius 2 is 0.605 bits per heavy atom. The highest BCUT2D eigenvalue weighted by Crippen LogP contribution is 2.59. The second-order valence-electron chi connectivity index (χ2n) is 14.7. The van der Waals surface area contributed by atoms with Crippen LogP contribution < -0.4 is 21.3 Å². The van der Waals surface area contributed by atoms with Gasteiger partial charge in [-0.3, -0.25) is 0 Å². The Morgan fingerprint density at radius 3 is 0.814 bits per heavy atom. The SMILES string of the molecule is CC12CC1(C)OB(c1ccc(N(c3ccc(B4OC5(C)CC5(C)O4)cc3)c3ccc(B4OC5(C)CC5(C)O4)cc3)cc1)O2. The number of fused-ring (bicyclic) bond motifs is 3. The van der Waals surface area contributed by atoms with Crippen molar-refractivity contribution < 1.29 is 27.9 Å². The van der Waals surface area contributed by atoms with E-state index in [2.05, 4.69) is 119 Å². The molecule has 0 aromatic heterocycles. The molecule has 10 heteroatoms. The molecule has 3 saturated carbocycles. The van der Waals surface area contributed by atoms with E-state index in [-0.39, 0.29) is 55.0 Å². The second-order valence-corrected chi connectivity index (χ2v) is 14.7. The van der Waals surface area contributed by atoms with Crippen molar-refractivity contribution in [1.82, 2.24) is 0 Å². The summed E-state index contributed by atoms with van der Waals surface area (Å²) >= 11 is 0. The van der Waals surface area contributed by atoms with Gasteiger partial charge in [-0.05, 0) is 94.3 Å². The van der Waals surface area contributed by atoms with Crippen molar-refractivity contribution in [3.63, 3.8) is 0 Å². The molecule has 218 valence electrons. The highest BCUT2D eigenvalue weighted by molar-refractivity contribution is 6.63. The molecule has 3 aliphatic carbocycles. The molecule has 6 fully saturated rings. The van der Waals surface area contributed by atoms with Crippen LogP contribution in [0, 0.1) is 0 Å². The lowest BCUT2D eigenvalue weighted by atomic mass is 9.78. The molecule has 0 spiro atoms. The zero-order valence-corrected chi connectivity index (χ0v) is 25.7. The van der Waals surface area contributed by atoms with Crippen LogP contribution in [-0.4, -0.2) is 55.0 Å². The maximum atomic E-state index is 6.27. The number of hydrogen-bond acceptors (Lipinski definition) is 7. The van der Waals surface area contributed by atoms with Crippen LogP contribution in [0.15, 0.2) is 72.8 Å². The highest BCUT2D eigenvalue weighted by Gasteiger charge is 2.72. The minimum absolute atomic E-state index is 0.184. The molecule has 3 aromatic carbocycles. The van der Waals surface area contributed by atoms with Crippen molar-refractivity contribution >= 4 is 54.8 Å². The predicted octanol–water partition coefficient (Wildman–Crippen LogP) is 4.15. The fourth-order valence-electron chi connectivity index (χ4n) is 7.48. The van der Waals surface area contributed by atoms with E-state index in [4.69, 9.17) is 27.9 Å². The van der Waals surface area contributed by atoms with Crippen LogP contribution in [-0.2, 0) is 27.9 Å². The van der Waals surface area contributed by atoms with Crippen molar-refractivity contribution in [2.45, 2.75) is 94.4 Å². The summed E-state index contributed by atoms with van der Waals surface area (Å²) < 4.78 is 37.6. The molecule has 3 aromatic rings. The second kappa shape index (κ2) is 8.16. The van der Waals surface area contributed by atoms with Crippen LogP contribution in [0.3, 0.4) is 0 Å². The Bertz CT molecular complexity index is 1400. The van der Waals surface area contributed by atoms with E-state index in [1.54, 1.807) is 0 Å². The van der Waals surface area contributed by atoms with Gasteiger partial charge in [0.1, 0.15) is 0 Å². The molecule has 9 rings (SSSR count). The third-order valence-electron chi connectivity index (χ3n) is 11.5. The number of hydrogen-bond donors (Lipinski definition) is 0. The van der Waals surface area contributed by atoms with Crippen molar-refractivity contribution in [2.24, 2.45) is 0 Å². The monoisotopic (exact) mass is 575 g/mol. The van der Waals surface area contributed by atoms with Crippen molar-refractivity contribution in [1.29, 1.82) is 0 Å². The van der Waals surface area contributed by atoms with Gasteiger partial charge < -0.3 is 32.8 Å². The Morgan fingerprint density at radius 1 is 0.395 bits per heavy atom. The standard InChI is InChI=1S/C33H36B3NO6/c1-28-19-29(28,2)39-34(38-28)22-7-13-25(14-8-22)37(26-15-9-23(10-16-26)35-40-30(3)20-31(30,4)41-35)27-17-11-24(12-18-27)36-42-32(5)21-33(32,6)43-36/h7-18H,19-21H2,1-6H3. The average Bonchev–Trinajstić information content (AvgIpc) is 3.73. The molecule has 6 aliphatic rings. The molecular weight excluding hydrogens is 539 g/mol. The molecule has 6 unspecified atom stereocenters. The van der Waals surface area contributed by atoms with E-state index < -0.39 is 0 Å². The molecule has 3 aliphatic heterocycles. The lowest BCUT2D eigenvalue weighted by Crippen LogP contribution is -2.36. The first kappa shape index (κ1) is 26.8. The van der Waals surface area contributed by atoms with E-state index in [9.17, 15) is 0 Å². The first-order chi connectivity index (χ1) is 20.3. The lowest BCUT2D eigenvalue weighted by molar-refractivity contribution is 0.187. The van der Waals surface area contributed by atoms with Gasteiger partial charge in [-0.1, -0.05) is 36.4 Å². The average molecular weight is 575 g/mol. The Balaban J connectivity index is 1.01. The Labute approximate surface area is 254 Å². The molecule has 0 amide bonds. The number of nitrogens with zero attached hydrogens (tertiary/aromatic N) is 1. The summed E-state index contributed by atoms with van der Waals surface area (Å²) in [6, 6.07) is 25.4. The molecule has 0 N–H and O–H groups in total. The summed E-state index contributed by atoms with van der Waals surface area (Å²) in [6.45, 7) is 12.8. The number of anilines is 3. The van der Waals surface area contributed by atoms with Gasteiger partial charge in [0.2, 0.25) is 0 Å². The van der Waals surface area contributed by atoms with E-state index in [0.717, 1.165) is 52.7 Å². The minimum atomic E-state index is -0.340. The zero-order valence-electron chi connectivity index (χ0n) is 25.7. The largest absolute Gasteiger partial charge is 0.494 e. The number of benzene rings is 3. The fraction of sp³-hybridized carbons (Fsp3) is 0.455. The highest BCUT2D eigenvalue weighted by atomic mass is 16.7. The fourth-order valence-corrected chi connectivity index (χ4v) is 7.48. The van der Waals surface area contributed by atoms with Crippen molar-refractivity contribution in [3.05, 3.63) is 72.8 Å². The third-order valence-corrected chi connectivity index (χ3v) is 11.5. The summed E-state index contributed by atoms with van der Waals surface area (Å²) in [7, 11) is -1.02.